The molecule has 0 amide bonds. The summed E-state index contributed by atoms with van der Waals surface area (Å²) in [5.41, 5.74) is 0. The number of nitrogens with one attached hydrogen (secondary N) is 1. The molecule has 0 spiro atoms. The smallest absolute Gasteiger partial charge is 0.0462 e. The van der Waals surface area contributed by atoms with Gasteiger partial charge in [-0.1, -0.05) is 13.8 Å². The van der Waals surface area contributed by atoms with Crippen LogP contribution in [-0.2, 0) is 4.74 Å². The monoisotopic (exact) mass is 277 g/mol. The first kappa shape index (κ1) is 15.7. The number of thioether (sulfide) groups is 2. The highest BCUT2D eigenvalue weighted by atomic mass is 32.2. The summed E-state index contributed by atoms with van der Waals surface area (Å²) in [7, 11) is 1.79. The molecule has 102 valence electrons. The maximum atomic E-state index is 5.17. The van der Waals surface area contributed by atoms with Gasteiger partial charge in [0.05, 0.1) is 0 Å². The van der Waals surface area contributed by atoms with Gasteiger partial charge < -0.3 is 10.1 Å². The molecule has 0 radical (unpaired) electrons. The van der Waals surface area contributed by atoms with E-state index in [4.69, 9.17) is 4.74 Å². The molecular weight excluding hydrogens is 250 g/mol. The molecule has 1 aliphatic heterocycles. The minimum atomic E-state index is 0.665. The summed E-state index contributed by atoms with van der Waals surface area (Å²) in [5.74, 6) is 2.65. The Morgan fingerprint density at radius 2 is 2.06 bits per heavy atom. The third-order valence-corrected chi connectivity index (χ3v) is 6.63. The molecule has 0 saturated carbocycles. The van der Waals surface area contributed by atoms with Crippen LogP contribution < -0.4 is 5.32 Å². The van der Waals surface area contributed by atoms with Gasteiger partial charge in [-0.25, -0.2) is 0 Å². The second kappa shape index (κ2) is 9.54. The molecular formula is C13H27NOS2. The van der Waals surface area contributed by atoms with Crippen LogP contribution >= 0.6 is 23.5 Å². The summed E-state index contributed by atoms with van der Waals surface area (Å²) in [6.07, 6.45) is 3.72. The van der Waals surface area contributed by atoms with Gasteiger partial charge in [-0.15, -0.1) is 0 Å². The van der Waals surface area contributed by atoms with Crippen molar-refractivity contribution in [1.29, 1.82) is 0 Å². The molecule has 1 heterocycles. The quantitative estimate of drug-likeness (QED) is 0.688. The lowest BCUT2D eigenvalue weighted by atomic mass is 10.0. The summed E-state index contributed by atoms with van der Waals surface area (Å²) in [4.78, 5) is 0. The minimum absolute atomic E-state index is 0.665. The van der Waals surface area contributed by atoms with Crippen molar-refractivity contribution in [2.45, 2.75) is 49.7 Å². The predicted octanol–water partition coefficient (Wildman–Crippen LogP) is 3.02. The van der Waals surface area contributed by atoms with Crippen molar-refractivity contribution in [3.8, 4) is 0 Å². The van der Waals surface area contributed by atoms with Gasteiger partial charge in [-0.3, -0.25) is 0 Å². The van der Waals surface area contributed by atoms with Crippen LogP contribution in [0.25, 0.3) is 0 Å². The summed E-state index contributed by atoms with van der Waals surface area (Å²) < 4.78 is 5.17. The lowest BCUT2D eigenvalue weighted by molar-refractivity contribution is 0.188. The average molecular weight is 277 g/mol. The van der Waals surface area contributed by atoms with Gasteiger partial charge in [-0.2, -0.15) is 23.5 Å². The molecule has 0 aromatic carbocycles. The molecule has 1 N–H and O–H groups in total. The number of hydrogen-bond donors (Lipinski definition) is 1. The Balaban J connectivity index is 2.47. The maximum Gasteiger partial charge on any atom is 0.0462 e. The van der Waals surface area contributed by atoms with E-state index >= 15 is 0 Å². The van der Waals surface area contributed by atoms with Crippen LogP contribution in [0.1, 0.15) is 33.1 Å². The number of hydrogen-bond acceptors (Lipinski definition) is 4. The number of rotatable bonds is 8. The van der Waals surface area contributed by atoms with Gasteiger partial charge in [0.2, 0.25) is 0 Å². The fraction of sp³-hybridized carbons (Fsp3) is 1.00. The highest BCUT2D eigenvalue weighted by Crippen LogP contribution is 2.36. The minimum Gasteiger partial charge on any atom is -0.385 e. The molecule has 1 rings (SSSR count). The van der Waals surface area contributed by atoms with E-state index in [-0.39, 0.29) is 0 Å². The summed E-state index contributed by atoms with van der Waals surface area (Å²) in [6, 6.07) is 0.665. The summed E-state index contributed by atoms with van der Waals surface area (Å²) in [6.45, 7) is 6.51. The molecule has 4 heteroatoms. The molecule has 3 atom stereocenters. The van der Waals surface area contributed by atoms with Crippen molar-refractivity contribution in [1.82, 2.24) is 5.32 Å². The highest BCUT2D eigenvalue weighted by Gasteiger charge is 2.31. The Kier molecular flexibility index (Phi) is 8.79. The lowest BCUT2D eigenvalue weighted by Crippen LogP contribution is -2.45. The molecule has 17 heavy (non-hydrogen) atoms. The van der Waals surface area contributed by atoms with E-state index in [2.05, 4.69) is 42.7 Å². The molecule has 0 bridgehead atoms. The van der Waals surface area contributed by atoms with Crippen LogP contribution in [0.15, 0.2) is 0 Å². The average Bonchev–Trinajstić information content (AvgIpc) is 2.38. The van der Waals surface area contributed by atoms with E-state index in [0.29, 0.717) is 6.04 Å². The largest absolute Gasteiger partial charge is 0.385 e. The molecule has 0 aliphatic carbocycles. The van der Waals surface area contributed by atoms with Crippen LogP contribution in [0.4, 0.5) is 0 Å². The topological polar surface area (TPSA) is 21.3 Å². The fourth-order valence-corrected chi connectivity index (χ4v) is 5.71. The Hall–Kier alpha value is 0.620. The molecule has 1 saturated heterocycles. The first-order valence-corrected chi connectivity index (χ1v) is 8.88. The molecule has 1 aliphatic rings. The first-order chi connectivity index (χ1) is 8.33. The Morgan fingerprint density at radius 3 is 2.71 bits per heavy atom. The van der Waals surface area contributed by atoms with E-state index in [0.717, 1.165) is 23.7 Å². The van der Waals surface area contributed by atoms with Gasteiger partial charge >= 0.3 is 0 Å². The van der Waals surface area contributed by atoms with Crippen LogP contribution in [0.2, 0.25) is 0 Å². The van der Waals surface area contributed by atoms with E-state index in [1.54, 1.807) is 7.11 Å². The van der Waals surface area contributed by atoms with Gasteiger partial charge in [-0.05, 0) is 25.8 Å². The summed E-state index contributed by atoms with van der Waals surface area (Å²) >= 11 is 4.35. The van der Waals surface area contributed by atoms with Crippen LogP contribution in [0.3, 0.4) is 0 Å². The molecule has 0 aromatic rings. The van der Waals surface area contributed by atoms with Crippen LogP contribution in [0.5, 0.6) is 0 Å². The van der Waals surface area contributed by atoms with Gasteiger partial charge in [0.15, 0.2) is 0 Å². The zero-order valence-electron chi connectivity index (χ0n) is 11.4. The van der Waals surface area contributed by atoms with Gasteiger partial charge in [0.1, 0.15) is 0 Å². The Morgan fingerprint density at radius 1 is 1.29 bits per heavy atom. The van der Waals surface area contributed by atoms with Crippen molar-refractivity contribution in [2.75, 3.05) is 31.8 Å². The van der Waals surface area contributed by atoms with E-state index in [9.17, 15) is 0 Å². The standard InChI is InChI=1S/C13H27NOS2/c1-4-12-13(17-10-9-16-12)11(14-5-2)7-6-8-15-3/h11-14H,4-10H2,1-3H3. The molecule has 2 nitrogen and oxygen atoms in total. The third-order valence-electron chi connectivity index (χ3n) is 3.22. The lowest BCUT2D eigenvalue weighted by Gasteiger charge is -2.36. The zero-order valence-corrected chi connectivity index (χ0v) is 13.0. The second-order valence-corrected chi connectivity index (χ2v) is 7.09. The van der Waals surface area contributed by atoms with Crippen molar-refractivity contribution >= 4 is 23.5 Å². The summed E-state index contributed by atoms with van der Waals surface area (Å²) in [5, 5.41) is 5.31. The molecule has 1 fully saturated rings. The first-order valence-electron chi connectivity index (χ1n) is 6.79. The van der Waals surface area contributed by atoms with E-state index in [1.165, 1.54) is 30.8 Å². The van der Waals surface area contributed by atoms with Crippen molar-refractivity contribution in [3.05, 3.63) is 0 Å². The van der Waals surface area contributed by atoms with Gasteiger partial charge in [0, 0.05) is 41.8 Å². The van der Waals surface area contributed by atoms with Gasteiger partial charge in [0.25, 0.3) is 0 Å². The van der Waals surface area contributed by atoms with Crippen LogP contribution in [-0.4, -0.2) is 48.3 Å². The normalized spacial score (nSPS) is 27.0. The molecule has 3 unspecified atom stereocenters. The zero-order chi connectivity index (χ0) is 12.5. The predicted molar refractivity (Wildman–Crippen MR) is 81.4 cm³/mol. The third kappa shape index (κ3) is 5.41. The SMILES string of the molecule is CCNC(CCCOC)C1SCCSC1CC. The maximum absolute atomic E-state index is 5.17. The number of ether oxygens (including phenoxy) is 1. The van der Waals surface area contributed by atoms with E-state index in [1.807, 2.05) is 0 Å². The Labute approximate surface area is 115 Å². The van der Waals surface area contributed by atoms with Crippen molar-refractivity contribution < 1.29 is 4.74 Å². The van der Waals surface area contributed by atoms with Crippen molar-refractivity contribution in [3.63, 3.8) is 0 Å². The Bertz CT molecular complexity index is 192. The number of methoxy groups -OCH3 is 1. The van der Waals surface area contributed by atoms with E-state index < -0.39 is 0 Å². The fourth-order valence-electron chi connectivity index (χ4n) is 2.40. The highest BCUT2D eigenvalue weighted by molar-refractivity contribution is 8.07. The molecule has 0 aromatic heterocycles. The van der Waals surface area contributed by atoms with Crippen LogP contribution in [0, 0.1) is 0 Å². The second-order valence-electron chi connectivity index (χ2n) is 4.45. The van der Waals surface area contributed by atoms with Crippen molar-refractivity contribution in [2.24, 2.45) is 0 Å².